The Morgan fingerprint density at radius 3 is 2.80 bits per heavy atom. The third-order valence-electron chi connectivity index (χ3n) is 3.33. The van der Waals surface area contributed by atoms with Gasteiger partial charge in [0.2, 0.25) is 0 Å². The fourth-order valence-electron chi connectivity index (χ4n) is 2.35. The molecule has 1 aliphatic rings. The number of hydrogen-bond acceptors (Lipinski definition) is 3. The van der Waals surface area contributed by atoms with Gasteiger partial charge in [0.05, 0.1) is 11.5 Å². The van der Waals surface area contributed by atoms with Gasteiger partial charge in [0.15, 0.2) is 9.84 Å². The third-order valence-corrected chi connectivity index (χ3v) is 5.08. The Morgan fingerprint density at radius 1 is 1.50 bits per heavy atom. The van der Waals surface area contributed by atoms with Crippen LogP contribution in [0.15, 0.2) is 24.3 Å². The third kappa shape index (κ3) is 3.47. The minimum Gasteiger partial charge on any atom is -0.321 e. The molecule has 1 aromatic carbocycles. The summed E-state index contributed by atoms with van der Waals surface area (Å²) in [6.45, 7) is 2.19. The summed E-state index contributed by atoms with van der Waals surface area (Å²) in [6, 6.07) is 4.88. The first-order valence-corrected chi connectivity index (χ1v) is 8.27. The lowest BCUT2D eigenvalue weighted by Crippen LogP contribution is -2.43. The van der Waals surface area contributed by atoms with Crippen LogP contribution in [0.3, 0.4) is 0 Å². The van der Waals surface area contributed by atoms with Gasteiger partial charge < -0.3 is 10.2 Å². The van der Waals surface area contributed by atoms with E-state index in [-0.39, 0.29) is 17.5 Å². The zero-order chi connectivity index (χ0) is 14.8. The van der Waals surface area contributed by atoms with Crippen LogP contribution in [0.1, 0.15) is 13.3 Å². The maximum Gasteiger partial charge on any atom is 0.322 e. The minimum absolute atomic E-state index is 0.00257. The molecule has 1 atom stereocenters. The number of benzene rings is 1. The summed E-state index contributed by atoms with van der Waals surface area (Å²) in [7, 11) is -3.05. The van der Waals surface area contributed by atoms with Crippen molar-refractivity contribution in [1.29, 1.82) is 0 Å². The van der Waals surface area contributed by atoms with Crippen LogP contribution in [0.25, 0.3) is 0 Å². The fourth-order valence-corrected chi connectivity index (χ4v) is 4.08. The summed E-state index contributed by atoms with van der Waals surface area (Å²) in [5, 5.41) is 2.59. The van der Waals surface area contributed by atoms with E-state index < -0.39 is 21.7 Å². The second-order valence-corrected chi connectivity index (χ2v) is 7.01. The zero-order valence-corrected chi connectivity index (χ0v) is 12.0. The van der Waals surface area contributed by atoms with Crippen LogP contribution in [-0.2, 0) is 9.84 Å². The van der Waals surface area contributed by atoms with Crippen molar-refractivity contribution in [1.82, 2.24) is 4.90 Å². The molecule has 1 fully saturated rings. The first kappa shape index (κ1) is 14.8. The molecule has 0 bridgehead atoms. The van der Waals surface area contributed by atoms with Gasteiger partial charge in [-0.3, -0.25) is 0 Å². The number of carbonyl (C=O) groups excluding carboxylic acids is 1. The molecule has 1 aliphatic heterocycles. The normalized spacial score (nSPS) is 20.6. The standard InChI is InChI=1S/C13H17FN2O3S/c1-2-16(12-6-7-20(18,19)9-12)13(17)15-11-5-3-4-10(14)8-11/h3-5,8,12H,2,6-7,9H2,1H3,(H,15,17). The van der Waals surface area contributed by atoms with E-state index in [0.29, 0.717) is 18.7 Å². The number of hydrogen-bond donors (Lipinski definition) is 1. The molecular weight excluding hydrogens is 283 g/mol. The van der Waals surface area contributed by atoms with Crippen LogP contribution < -0.4 is 5.32 Å². The fraction of sp³-hybridized carbons (Fsp3) is 0.462. The summed E-state index contributed by atoms with van der Waals surface area (Å²) in [4.78, 5) is 13.6. The van der Waals surface area contributed by atoms with E-state index in [1.54, 1.807) is 13.0 Å². The predicted octanol–water partition coefficient (Wildman–Crippen LogP) is 1.87. The summed E-state index contributed by atoms with van der Waals surface area (Å²) in [5.41, 5.74) is 0.356. The largest absolute Gasteiger partial charge is 0.322 e. The molecule has 1 aromatic rings. The molecule has 1 unspecified atom stereocenters. The number of urea groups is 1. The molecule has 110 valence electrons. The first-order chi connectivity index (χ1) is 9.41. The van der Waals surface area contributed by atoms with Gasteiger partial charge in [-0.2, -0.15) is 0 Å². The van der Waals surface area contributed by atoms with Crippen LogP contribution in [0.5, 0.6) is 0 Å². The van der Waals surface area contributed by atoms with E-state index in [9.17, 15) is 17.6 Å². The Hall–Kier alpha value is -1.63. The molecule has 1 N–H and O–H groups in total. The Kier molecular flexibility index (Phi) is 4.27. The molecule has 0 spiro atoms. The zero-order valence-electron chi connectivity index (χ0n) is 11.2. The smallest absolute Gasteiger partial charge is 0.321 e. The molecule has 0 radical (unpaired) electrons. The molecule has 7 heteroatoms. The van der Waals surface area contributed by atoms with E-state index in [1.165, 1.54) is 23.1 Å². The molecule has 2 amide bonds. The Labute approximate surface area is 117 Å². The Morgan fingerprint density at radius 2 is 2.25 bits per heavy atom. The van der Waals surface area contributed by atoms with Crippen molar-refractivity contribution in [3.05, 3.63) is 30.1 Å². The number of nitrogens with zero attached hydrogens (tertiary/aromatic N) is 1. The molecule has 0 saturated carbocycles. The number of sulfone groups is 1. The van der Waals surface area contributed by atoms with Crippen molar-refractivity contribution in [3.8, 4) is 0 Å². The first-order valence-electron chi connectivity index (χ1n) is 6.45. The molecule has 20 heavy (non-hydrogen) atoms. The van der Waals surface area contributed by atoms with E-state index in [2.05, 4.69) is 5.32 Å². The molecule has 1 saturated heterocycles. The lowest BCUT2D eigenvalue weighted by atomic mass is 10.2. The highest BCUT2D eigenvalue weighted by atomic mass is 32.2. The monoisotopic (exact) mass is 300 g/mol. The van der Waals surface area contributed by atoms with Gasteiger partial charge >= 0.3 is 6.03 Å². The van der Waals surface area contributed by atoms with Gasteiger partial charge in [0, 0.05) is 18.3 Å². The lowest BCUT2D eigenvalue weighted by molar-refractivity contribution is 0.197. The van der Waals surface area contributed by atoms with Crippen LogP contribution >= 0.6 is 0 Å². The van der Waals surface area contributed by atoms with Crippen LogP contribution in [0, 0.1) is 5.82 Å². The van der Waals surface area contributed by atoms with E-state index in [0.717, 1.165) is 0 Å². The molecule has 1 heterocycles. The second kappa shape index (κ2) is 5.78. The summed E-state index contributed by atoms with van der Waals surface area (Å²) >= 11 is 0. The highest BCUT2D eigenvalue weighted by Gasteiger charge is 2.33. The molecule has 5 nitrogen and oxygen atoms in total. The molecular formula is C13H17FN2O3S. The number of anilines is 1. The molecule has 2 rings (SSSR count). The summed E-state index contributed by atoms with van der Waals surface area (Å²) < 4.78 is 36.0. The number of carbonyl (C=O) groups is 1. The van der Waals surface area contributed by atoms with Crippen LogP contribution in [0.2, 0.25) is 0 Å². The van der Waals surface area contributed by atoms with Crippen molar-refractivity contribution in [2.45, 2.75) is 19.4 Å². The maximum absolute atomic E-state index is 13.1. The van der Waals surface area contributed by atoms with Crippen molar-refractivity contribution in [2.75, 3.05) is 23.4 Å². The van der Waals surface area contributed by atoms with E-state index in [1.807, 2.05) is 0 Å². The second-order valence-electron chi connectivity index (χ2n) is 4.78. The van der Waals surface area contributed by atoms with Gasteiger partial charge in [-0.1, -0.05) is 6.07 Å². The average Bonchev–Trinajstić information content (AvgIpc) is 2.70. The van der Waals surface area contributed by atoms with Gasteiger partial charge in [-0.25, -0.2) is 17.6 Å². The van der Waals surface area contributed by atoms with Crippen LogP contribution in [-0.4, -0.2) is 43.4 Å². The van der Waals surface area contributed by atoms with E-state index >= 15 is 0 Å². The van der Waals surface area contributed by atoms with Crippen molar-refractivity contribution < 1.29 is 17.6 Å². The topological polar surface area (TPSA) is 66.5 Å². The summed E-state index contributed by atoms with van der Waals surface area (Å²) in [6.07, 6.45) is 0.451. The van der Waals surface area contributed by atoms with Gasteiger partial charge in [0.25, 0.3) is 0 Å². The van der Waals surface area contributed by atoms with Gasteiger partial charge in [-0.15, -0.1) is 0 Å². The van der Waals surface area contributed by atoms with Gasteiger partial charge in [0.1, 0.15) is 5.82 Å². The predicted molar refractivity (Wildman–Crippen MR) is 74.9 cm³/mol. The number of nitrogens with one attached hydrogen (secondary N) is 1. The Bertz CT molecular complexity index is 603. The molecule has 0 aliphatic carbocycles. The van der Waals surface area contributed by atoms with Crippen LogP contribution in [0.4, 0.5) is 14.9 Å². The number of halogens is 1. The maximum atomic E-state index is 13.1. The average molecular weight is 300 g/mol. The highest BCUT2D eigenvalue weighted by molar-refractivity contribution is 7.91. The number of rotatable bonds is 3. The SMILES string of the molecule is CCN(C(=O)Nc1cccc(F)c1)C1CCS(=O)(=O)C1. The van der Waals surface area contributed by atoms with Crippen molar-refractivity contribution in [3.63, 3.8) is 0 Å². The quantitative estimate of drug-likeness (QED) is 0.926. The van der Waals surface area contributed by atoms with Crippen molar-refractivity contribution >= 4 is 21.6 Å². The summed E-state index contributed by atoms with van der Waals surface area (Å²) in [5.74, 6) is -0.326. The lowest BCUT2D eigenvalue weighted by Gasteiger charge is -2.27. The minimum atomic E-state index is -3.05. The molecule has 0 aromatic heterocycles. The number of amides is 2. The Balaban J connectivity index is 2.06. The highest BCUT2D eigenvalue weighted by Crippen LogP contribution is 2.19. The van der Waals surface area contributed by atoms with Crippen molar-refractivity contribution in [2.24, 2.45) is 0 Å². The van der Waals surface area contributed by atoms with E-state index in [4.69, 9.17) is 0 Å². The van der Waals surface area contributed by atoms with Gasteiger partial charge in [-0.05, 0) is 31.5 Å².